The van der Waals surface area contributed by atoms with Gasteiger partial charge in [-0.3, -0.25) is 10.5 Å². The molecule has 0 saturated heterocycles. The lowest BCUT2D eigenvalue weighted by molar-refractivity contribution is -0.176. The predicted octanol–water partition coefficient (Wildman–Crippen LogP) is -2.35. The van der Waals surface area contributed by atoms with Crippen molar-refractivity contribution in [2.75, 3.05) is 0 Å². The Kier molecular flexibility index (Phi) is 208. The predicted molar refractivity (Wildman–Crippen MR) is 25.1 cm³/mol. The summed E-state index contributed by atoms with van der Waals surface area (Å²) in [6.45, 7) is 0. The first-order chi connectivity index (χ1) is 1.00. The molecule has 0 aromatic rings. The van der Waals surface area contributed by atoms with Crippen LogP contribution in [-0.4, -0.2) is 44.5 Å². The highest BCUT2D eigenvalue weighted by atomic mass is 28.1. The van der Waals surface area contributed by atoms with Crippen LogP contribution in [0, 0.1) is 0 Å². The van der Waals surface area contributed by atoms with Crippen molar-refractivity contribution < 1.29 is 10.5 Å². The van der Waals surface area contributed by atoms with E-state index >= 15 is 0 Å². The van der Waals surface area contributed by atoms with Crippen LogP contribution >= 0.6 is 0 Å². The van der Waals surface area contributed by atoms with Gasteiger partial charge in [-0.25, -0.2) is 0 Å². The van der Waals surface area contributed by atoms with E-state index in [4.69, 9.17) is 10.5 Å². The minimum atomic E-state index is 0. The lowest BCUT2D eigenvalue weighted by atomic mass is 15.0. The molecule has 0 rings (SSSR count). The molecule has 0 heterocycles. The average molecular weight is 92.5 g/mol. The number of hydrogen-bond donors (Lipinski definition) is 2. The zero-order valence-electron chi connectivity index (χ0n) is 0.894. The van der Waals surface area contributed by atoms with E-state index in [0.717, 1.165) is 0 Å². The van der Waals surface area contributed by atoms with Crippen LogP contribution in [-0.2, 0) is 0 Å². The Morgan fingerprint density at radius 3 is 1.00 bits per heavy atom. The van der Waals surface area contributed by atoms with Crippen LogP contribution < -0.4 is 0 Å². The summed E-state index contributed by atoms with van der Waals surface area (Å²) in [6.07, 6.45) is 0. The fourth-order valence-corrected chi connectivity index (χ4v) is 0. The van der Waals surface area contributed by atoms with Gasteiger partial charge in [-0.2, -0.15) is 0 Å². The van der Waals surface area contributed by atoms with Crippen molar-refractivity contribution in [3.05, 3.63) is 0 Å². The second-order valence-electron chi connectivity index (χ2n) is 0. The lowest BCUT2D eigenvalue weighted by Gasteiger charge is -1.25. The summed E-state index contributed by atoms with van der Waals surface area (Å²) < 4.78 is 0. The van der Waals surface area contributed by atoms with Crippen molar-refractivity contribution in [1.29, 1.82) is 0 Å². The quantitative estimate of drug-likeness (QED) is 0.200. The van der Waals surface area contributed by atoms with E-state index in [1.54, 1.807) is 0 Å². The maximum Gasteiger partial charge on any atom is 0.316 e. The molecule has 0 aliphatic heterocycles. The molecule has 0 spiro atoms. The Morgan fingerprint density at radius 1 is 1.00 bits per heavy atom. The van der Waals surface area contributed by atoms with Crippen LogP contribution in [0.3, 0.4) is 0 Å². The van der Waals surface area contributed by atoms with E-state index in [-0.39, 0.29) is 34.0 Å². The van der Waals surface area contributed by atoms with Gasteiger partial charge in [0.2, 0.25) is 0 Å². The highest BCUT2D eigenvalue weighted by Gasteiger charge is 0.745. The van der Waals surface area contributed by atoms with Gasteiger partial charge in [0, 0.05) is 0 Å². The standard InChI is InChI=1S/Mg.H2O2.H4Si.2H/c;1-2;;;/h;1-2H;1H4;;. The second-order valence-corrected chi connectivity index (χ2v) is 0. The molecular formula is H8MgO2Si. The second kappa shape index (κ2) is 40.3. The maximum atomic E-state index is 6.00. The molecule has 0 fully saturated rings. The highest BCUT2D eigenvalue weighted by molar-refractivity contribution is 5.76. The summed E-state index contributed by atoms with van der Waals surface area (Å²) in [5, 5.41) is 12.0. The Morgan fingerprint density at radius 2 is 1.00 bits per heavy atom. The van der Waals surface area contributed by atoms with Crippen LogP contribution in [0.4, 0.5) is 0 Å². The molecule has 0 aromatic carbocycles. The first-order valence-corrected chi connectivity index (χ1v) is 0.200. The zero-order chi connectivity index (χ0) is 2.00. The normalized spacial score (nSPS) is 1.50. The topological polar surface area (TPSA) is 40.5 Å². The van der Waals surface area contributed by atoms with Gasteiger partial charge in [-0.15, -0.1) is 0 Å². The van der Waals surface area contributed by atoms with Gasteiger partial charge in [-0.1, -0.05) is 0 Å². The van der Waals surface area contributed by atoms with Gasteiger partial charge in [-0.05, 0) is 11.0 Å². The molecule has 26 valence electrons. The molecule has 0 atom stereocenters. The van der Waals surface area contributed by atoms with E-state index < -0.39 is 0 Å². The van der Waals surface area contributed by atoms with E-state index in [9.17, 15) is 0 Å². The summed E-state index contributed by atoms with van der Waals surface area (Å²) in [5.74, 6) is 0. The summed E-state index contributed by atoms with van der Waals surface area (Å²) in [4.78, 5) is 0. The van der Waals surface area contributed by atoms with E-state index in [1.165, 1.54) is 0 Å². The first kappa shape index (κ1) is 20.6. The Labute approximate surface area is 44.9 Å². The van der Waals surface area contributed by atoms with Gasteiger partial charge in [0.25, 0.3) is 0 Å². The van der Waals surface area contributed by atoms with E-state index in [1.807, 2.05) is 0 Å². The van der Waals surface area contributed by atoms with Crippen LogP contribution in [0.25, 0.3) is 0 Å². The molecule has 0 radical (unpaired) electrons. The fourth-order valence-electron chi connectivity index (χ4n) is 0. The Bertz CT molecular complexity index is 6.00. The van der Waals surface area contributed by atoms with Crippen molar-refractivity contribution in [2.45, 2.75) is 0 Å². The van der Waals surface area contributed by atoms with Crippen LogP contribution in [0.15, 0.2) is 0 Å². The third-order valence-electron chi connectivity index (χ3n) is 0. The molecule has 0 bridgehead atoms. The van der Waals surface area contributed by atoms with Crippen molar-refractivity contribution in [3.8, 4) is 0 Å². The molecule has 2 nitrogen and oxygen atoms in total. The van der Waals surface area contributed by atoms with Gasteiger partial charge in [0.05, 0.1) is 0 Å². The fraction of sp³-hybridized carbons (Fsp3) is 0. The lowest BCUT2D eigenvalue weighted by Crippen LogP contribution is -1.29. The molecule has 0 aromatic heterocycles. The smallest absolute Gasteiger partial charge is 0.255 e. The highest BCUT2D eigenvalue weighted by Crippen LogP contribution is 0.711. The number of rotatable bonds is 0. The molecule has 4 heavy (non-hydrogen) atoms. The molecule has 0 aliphatic rings. The number of hydrogen-bond acceptors (Lipinski definition) is 2. The monoisotopic (exact) mass is 92.0 g/mol. The Hall–Kier alpha value is 0.903. The summed E-state index contributed by atoms with van der Waals surface area (Å²) >= 11 is 0. The van der Waals surface area contributed by atoms with E-state index in [0.29, 0.717) is 0 Å². The third kappa shape index (κ3) is 12.9. The van der Waals surface area contributed by atoms with Crippen molar-refractivity contribution in [3.63, 3.8) is 0 Å². The molecule has 4 heteroatoms. The van der Waals surface area contributed by atoms with Gasteiger partial charge in [0.1, 0.15) is 0 Å². The molecule has 2 N–H and O–H groups in total. The summed E-state index contributed by atoms with van der Waals surface area (Å²) in [5.41, 5.74) is 0. The van der Waals surface area contributed by atoms with Crippen LogP contribution in [0.5, 0.6) is 0 Å². The maximum absolute atomic E-state index is 6.00. The average Bonchev–Trinajstić information content (AvgIpc) is 1.00. The van der Waals surface area contributed by atoms with Gasteiger partial charge < -0.3 is 0 Å². The van der Waals surface area contributed by atoms with Crippen LogP contribution in [0.1, 0.15) is 0 Å². The van der Waals surface area contributed by atoms with Gasteiger partial charge in [0.15, 0.2) is 0 Å². The summed E-state index contributed by atoms with van der Waals surface area (Å²) in [7, 11) is 0. The van der Waals surface area contributed by atoms with Crippen molar-refractivity contribution >= 4 is 34.0 Å². The molecular weight excluding hydrogens is 84.4 g/mol. The van der Waals surface area contributed by atoms with E-state index in [2.05, 4.69) is 0 Å². The molecule has 0 unspecified atom stereocenters. The minimum absolute atomic E-state index is 0. The zero-order valence-corrected chi connectivity index (χ0v) is 0.894. The minimum Gasteiger partial charge on any atom is -0.255 e. The largest absolute Gasteiger partial charge is 0.316 e. The molecule has 0 amide bonds. The van der Waals surface area contributed by atoms with Crippen molar-refractivity contribution in [1.82, 2.24) is 0 Å². The molecule has 0 saturated carbocycles. The molecule has 0 aliphatic carbocycles. The van der Waals surface area contributed by atoms with Crippen molar-refractivity contribution in [2.24, 2.45) is 0 Å². The summed E-state index contributed by atoms with van der Waals surface area (Å²) in [6, 6.07) is 0. The van der Waals surface area contributed by atoms with Gasteiger partial charge >= 0.3 is 23.1 Å². The SMILES string of the molecule is OO.[MgH2].[SiH4]. The Balaban J connectivity index is -0.00000000500. The first-order valence-electron chi connectivity index (χ1n) is 0.200. The van der Waals surface area contributed by atoms with Crippen LogP contribution in [0.2, 0.25) is 0 Å². The third-order valence-corrected chi connectivity index (χ3v) is 0.